The second kappa shape index (κ2) is 11.4. The summed E-state index contributed by atoms with van der Waals surface area (Å²) < 4.78 is 4.81. The van der Waals surface area contributed by atoms with E-state index in [0.29, 0.717) is 13.0 Å². The topological polar surface area (TPSA) is 57.8 Å². The minimum absolute atomic E-state index is 0. The summed E-state index contributed by atoms with van der Waals surface area (Å²) in [4.78, 5) is 10.9. The fourth-order valence-electron chi connectivity index (χ4n) is 1.11. The molecule has 0 atom stereocenters. The van der Waals surface area contributed by atoms with E-state index < -0.39 is 0 Å². The SMILES string of the molecule is CCCCCCCC(=O)OCC.O. The Balaban J connectivity index is 0. The fourth-order valence-corrected chi connectivity index (χ4v) is 1.11. The molecule has 0 spiro atoms. The van der Waals surface area contributed by atoms with Crippen molar-refractivity contribution in [1.82, 2.24) is 0 Å². The van der Waals surface area contributed by atoms with Crippen LogP contribution >= 0.6 is 0 Å². The van der Waals surface area contributed by atoms with Gasteiger partial charge in [-0.2, -0.15) is 0 Å². The van der Waals surface area contributed by atoms with Gasteiger partial charge in [-0.05, 0) is 13.3 Å². The molecule has 0 aromatic carbocycles. The zero-order valence-electron chi connectivity index (χ0n) is 8.77. The van der Waals surface area contributed by atoms with Gasteiger partial charge in [0.05, 0.1) is 6.61 Å². The Hall–Kier alpha value is -0.570. The molecule has 0 aromatic rings. The first kappa shape index (κ1) is 14.9. The number of carbonyl (C=O) groups is 1. The Bertz CT molecular complexity index is 113. The predicted molar refractivity (Wildman–Crippen MR) is 53.6 cm³/mol. The molecule has 0 aromatic heterocycles. The van der Waals surface area contributed by atoms with E-state index in [4.69, 9.17) is 4.74 Å². The van der Waals surface area contributed by atoms with Gasteiger partial charge in [-0.15, -0.1) is 0 Å². The first-order valence-electron chi connectivity index (χ1n) is 4.96. The highest BCUT2D eigenvalue weighted by atomic mass is 16.5. The van der Waals surface area contributed by atoms with Crippen molar-refractivity contribution < 1.29 is 15.0 Å². The Morgan fingerprint density at radius 2 is 1.69 bits per heavy atom. The number of rotatable bonds is 7. The highest BCUT2D eigenvalue weighted by Crippen LogP contribution is 2.05. The average Bonchev–Trinajstić information content (AvgIpc) is 2.05. The van der Waals surface area contributed by atoms with Gasteiger partial charge in [-0.3, -0.25) is 4.79 Å². The van der Waals surface area contributed by atoms with Crippen molar-refractivity contribution in [1.29, 1.82) is 0 Å². The Labute approximate surface area is 80.8 Å². The van der Waals surface area contributed by atoms with E-state index in [1.807, 2.05) is 6.92 Å². The summed E-state index contributed by atoms with van der Waals surface area (Å²) in [6.07, 6.45) is 6.52. The van der Waals surface area contributed by atoms with Crippen LogP contribution in [0, 0.1) is 0 Å². The first-order valence-corrected chi connectivity index (χ1v) is 4.96. The molecule has 0 radical (unpaired) electrons. The molecule has 3 nitrogen and oxygen atoms in total. The van der Waals surface area contributed by atoms with E-state index >= 15 is 0 Å². The molecule has 0 fully saturated rings. The van der Waals surface area contributed by atoms with E-state index in [9.17, 15) is 4.79 Å². The van der Waals surface area contributed by atoms with Crippen LogP contribution in [0.2, 0.25) is 0 Å². The highest BCUT2D eigenvalue weighted by molar-refractivity contribution is 5.69. The third-order valence-electron chi connectivity index (χ3n) is 1.79. The summed E-state index contributed by atoms with van der Waals surface area (Å²) in [6, 6.07) is 0. The number of unbranched alkanes of at least 4 members (excludes halogenated alkanes) is 4. The molecule has 80 valence electrons. The number of hydrogen-bond donors (Lipinski definition) is 0. The Kier molecular flexibility index (Phi) is 13.1. The van der Waals surface area contributed by atoms with Crippen molar-refractivity contribution in [2.45, 2.75) is 52.4 Å². The zero-order valence-corrected chi connectivity index (χ0v) is 8.77. The minimum Gasteiger partial charge on any atom is -0.466 e. The normalized spacial score (nSPS) is 9.08. The summed E-state index contributed by atoms with van der Waals surface area (Å²) in [5, 5.41) is 0. The molecule has 0 aliphatic carbocycles. The van der Waals surface area contributed by atoms with Gasteiger partial charge in [0.1, 0.15) is 0 Å². The number of hydrogen-bond acceptors (Lipinski definition) is 2. The maximum Gasteiger partial charge on any atom is 0.305 e. The van der Waals surface area contributed by atoms with Crippen LogP contribution in [0.4, 0.5) is 0 Å². The van der Waals surface area contributed by atoms with Crippen molar-refractivity contribution in [2.75, 3.05) is 6.61 Å². The number of ether oxygens (including phenoxy) is 1. The quantitative estimate of drug-likeness (QED) is 0.456. The van der Waals surface area contributed by atoms with E-state index in [1.54, 1.807) is 0 Å². The lowest BCUT2D eigenvalue weighted by molar-refractivity contribution is -0.143. The average molecular weight is 190 g/mol. The van der Waals surface area contributed by atoms with Gasteiger partial charge in [0, 0.05) is 6.42 Å². The molecular formula is C10H22O3. The molecule has 0 saturated heterocycles. The standard InChI is InChI=1S/C10H20O2.H2O/c1-3-5-6-7-8-9-10(11)12-4-2;/h3-9H2,1-2H3;1H2. The summed E-state index contributed by atoms with van der Waals surface area (Å²) >= 11 is 0. The second-order valence-electron chi connectivity index (χ2n) is 2.97. The van der Waals surface area contributed by atoms with Gasteiger partial charge in [0.2, 0.25) is 0 Å². The van der Waals surface area contributed by atoms with E-state index in [0.717, 1.165) is 12.8 Å². The molecule has 0 aliphatic heterocycles. The van der Waals surface area contributed by atoms with E-state index in [2.05, 4.69) is 6.92 Å². The van der Waals surface area contributed by atoms with Gasteiger partial charge in [-0.1, -0.05) is 32.6 Å². The maximum absolute atomic E-state index is 10.9. The van der Waals surface area contributed by atoms with Crippen LogP contribution in [0.3, 0.4) is 0 Å². The van der Waals surface area contributed by atoms with E-state index in [-0.39, 0.29) is 11.4 Å². The lowest BCUT2D eigenvalue weighted by Crippen LogP contribution is -2.02. The number of esters is 1. The van der Waals surface area contributed by atoms with Crippen molar-refractivity contribution in [3.8, 4) is 0 Å². The fraction of sp³-hybridized carbons (Fsp3) is 0.900. The molecule has 2 N–H and O–H groups in total. The lowest BCUT2D eigenvalue weighted by atomic mass is 10.1. The monoisotopic (exact) mass is 190 g/mol. The molecule has 0 saturated carbocycles. The largest absolute Gasteiger partial charge is 0.466 e. The summed E-state index contributed by atoms with van der Waals surface area (Å²) in [5.74, 6) is -0.0472. The molecular weight excluding hydrogens is 168 g/mol. The van der Waals surface area contributed by atoms with Crippen LogP contribution in [0.5, 0.6) is 0 Å². The van der Waals surface area contributed by atoms with Gasteiger partial charge >= 0.3 is 5.97 Å². The molecule has 0 rings (SSSR count). The van der Waals surface area contributed by atoms with Crippen LogP contribution in [-0.2, 0) is 9.53 Å². The lowest BCUT2D eigenvalue weighted by Gasteiger charge is -2.00. The van der Waals surface area contributed by atoms with Gasteiger partial charge in [-0.25, -0.2) is 0 Å². The van der Waals surface area contributed by atoms with Gasteiger partial charge in [0.15, 0.2) is 0 Å². The molecule has 3 heteroatoms. The van der Waals surface area contributed by atoms with Crippen molar-refractivity contribution in [2.24, 2.45) is 0 Å². The summed E-state index contributed by atoms with van der Waals surface area (Å²) in [6.45, 7) is 4.54. The molecule has 13 heavy (non-hydrogen) atoms. The van der Waals surface area contributed by atoms with Crippen LogP contribution in [-0.4, -0.2) is 18.1 Å². The third kappa shape index (κ3) is 11.4. The predicted octanol–water partition coefficient (Wildman–Crippen LogP) is 2.09. The van der Waals surface area contributed by atoms with Gasteiger partial charge in [0.25, 0.3) is 0 Å². The summed E-state index contributed by atoms with van der Waals surface area (Å²) in [5.41, 5.74) is 0. The van der Waals surface area contributed by atoms with Crippen molar-refractivity contribution in [3.63, 3.8) is 0 Å². The third-order valence-corrected chi connectivity index (χ3v) is 1.79. The van der Waals surface area contributed by atoms with Crippen LogP contribution in [0.15, 0.2) is 0 Å². The Morgan fingerprint density at radius 1 is 1.08 bits per heavy atom. The molecule has 0 amide bonds. The maximum atomic E-state index is 10.9. The van der Waals surface area contributed by atoms with Crippen molar-refractivity contribution in [3.05, 3.63) is 0 Å². The van der Waals surface area contributed by atoms with Crippen LogP contribution in [0.25, 0.3) is 0 Å². The molecule has 0 unspecified atom stereocenters. The molecule has 0 aliphatic rings. The van der Waals surface area contributed by atoms with E-state index in [1.165, 1.54) is 19.3 Å². The van der Waals surface area contributed by atoms with Gasteiger partial charge < -0.3 is 10.2 Å². The van der Waals surface area contributed by atoms with Crippen LogP contribution in [0.1, 0.15) is 52.4 Å². The Morgan fingerprint density at radius 3 is 2.23 bits per heavy atom. The molecule has 0 heterocycles. The minimum atomic E-state index is -0.0472. The first-order chi connectivity index (χ1) is 5.81. The second-order valence-corrected chi connectivity index (χ2v) is 2.97. The van der Waals surface area contributed by atoms with Crippen LogP contribution < -0.4 is 0 Å². The zero-order chi connectivity index (χ0) is 9.23. The number of carbonyl (C=O) groups excluding carboxylic acids is 1. The highest BCUT2D eigenvalue weighted by Gasteiger charge is 1.99. The molecule has 0 bridgehead atoms. The smallest absolute Gasteiger partial charge is 0.305 e. The van der Waals surface area contributed by atoms with Crippen molar-refractivity contribution >= 4 is 5.97 Å². The summed E-state index contributed by atoms with van der Waals surface area (Å²) in [7, 11) is 0.